The van der Waals surface area contributed by atoms with E-state index in [1.165, 1.54) is 24.6 Å². The Morgan fingerprint density at radius 2 is 1.97 bits per heavy atom. The van der Waals surface area contributed by atoms with E-state index in [1.54, 1.807) is 12.1 Å². The van der Waals surface area contributed by atoms with Gasteiger partial charge in [-0.15, -0.1) is 0 Å². The van der Waals surface area contributed by atoms with Gasteiger partial charge in [0.25, 0.3) is 0 Å². The summed E-state index contributed by atoms with van der Waals surface area (Å²) in [6, 6.07) is 4.68. The summed E-state index contributed by atoms with van der Waals surface area (Å²) in [6.07, 6.45) is 1.30. The van der Waals surface area contributed by atoms with Crippen LogP contribution in [0.25, 0.3) is 0 Å². The fourth-order valence-corrected chi connectivity index (χ4v) is 5.50. The fraction of sp³-hybridized carbons (Fsp3) is 0.650. The summed E-state index contributed by atoms with van der Waals surface area (Å²) in [4.78, 5) is 15.0. The third-order valence-corrected chi connectivity index (χ3v) is 7.46. The molecule has 2 fully saturated rings. The highest BCUT2D eigenvalue weighted by Gasteiger charge is 2.35. The molecule has 2 heterocycles. The lowest BCUT2D eigenvalue weighted by Gasteiger charge is -2.32. The molecule has 1 aromatic carbocycles. The molecule has 0 aromatic heterocycles. The molecule has 1 aromatic rings. The molecule has 0 spiro atoms. The number of amides is 1. The third-order valence-electron chi connectivity index (χ3n) is 5.57. The molecule has 0 saturated carbocycles. The van der Waals surface area contributed by atoms with E-state index in [4.69, 9.17) is 14.2 Å². The van der Waals surface area contributed by atoms with Gasteiger partial charge in [0, 0.05) is 45.3 Å². The van der Waals surface area contributed by atoms with Gasteiger partial charge in [0.15, 0.2) is 0 Å². The van der Waals surface area contributed by atoms with Crippen LogP contribution in [-0.4, -0.2) is 90.2 Å². The first-order chi connectivity index (χ1) is 14.5. The van der Waals surface area contributed by atoms with Crippen LogP contribution in [0.2, 0.25) is 0 Å². The second kappa shape index (κ2) is 10.4. The predicted octanol–water partition coefficient (Wildman–Crippen LogP) is 0.553. The first kappa shape index (κ1) is 22.8. The van der Waals surface area contributed by atoms with Crippen molar-refractivity contribution in [3.63, 3.8) is 0 Å². The van der Waals surface area contributed by atoms with E-state index in [0.29, 0.717) is 31.7 Å². The quantitative estimate of drug-likeness (QED) is 0.629. The highest BCUT2D eigenvalue weighted by molar-refractivity contribution is 7.89. The number of hydrogen-bond donors (Lipinski definition) is 1. The van der Waals surface area contributed by atoms with Crippen LogP contribution in [-0.2, 0) is 19.6 Å². The highest BCUT2D eigenvalue weighted by atomic mass is 32.2. The average Bonchev–Trinajstić information content (AvgIpc) is 2.79. The summed E-state index contributed by atoms with van der Waals surface area (Å²) >= 11 is 0. The highest BCUT2D eigenvalue weighted by Crippen LogP contribution is 2.32. The Morgan fingerprint density at radius 3 is 2.67 bits per heavy atom. The standard InChI is InChI=1S/C20H31N3O6S/c1-27-17-5-6-18(28-2)19(14-17)30(25,26)23-8-3-4-16(15-23)20(24)21-7-9-22-10-12-29-13-11-22/h5-6,14,16H,3-4,7-13,15H2,1-2H3,(H,21,24)/t16-/m1/s1. The maximum atomic E-state index is 13.3. The number of morpholine rings is 1. The number of nitrogens with zero attached hydrogens (tertiary/aromatic N) is 2. The summed E-state index contributed by atoms with van der Waals surface area (Å²) in [6.45, 7) is 5.03. The Kier molecular flexibility index (Phi) is 7.93. The summed E-state index contributed by atoms with van der Waals surface area (Å²) in [5.74, 6) is 0.229. The number of benzene rings is 1. The Balaban J connectivity index is 1.62. The van der Waals surface area contributed by atoms with Crippen LogP contribution < -0.4 is 14.8 Å². The van der Waals surface area contributed by atoms with Crippen molar-refractivity contribution in [2.24, 2.45) is 5.92 Å². The number of sulfonamides is 1. The maximum Gasteiger partial charge on any atom is 0.246 e. The number of methoxy groups -OCH3 is 2. The number of carbonyl (C=O) groups is 1. The van der Waals surface area contributed by atoms with Crippen LogP contribution in [0.3, 0.4) is 0 Å². The van der Waals surface area contributed by atoms with Gasteiger partial charge in [-0.25, -0.2) is 8.42 Å². The van der Waals surface area contributed by atoms with E-state index in [2.05, 4.69) is 10.2 Å². The molecule has 9 nitrogen and oxygen atoms in total. The lowest BCUT2D eigenvalue weighted by atomic mass is 9.99. The van der Waals surface area contributed by atoms with Crippen LogP contribution >= 0.6 is 0 Å². The van der Waals surface area contributed by atoms with Gasteiger partial charge in [-0.05, 0) is 25.0 Å². The Hall–Kier alpha value is -1.88. The zero-order valence-corrected chi connectivity index (χ0v) is 18.4. The SMILES string of the molecule is COc1ccc(OC)c(S(=O)(=O)N2CCC[C@@H](C(=O)NCCN3CCOCC3)C2)c1. The molecule has 0 aliphatic carbocycles. The van der Waals surface area contributed by atoms with Crippen LogP contribution in [0.15, 0.2) is 23.1 Å². The predicted molar refractivity (Wildman–Crippen MR) is 111 cm³/mol. The molecule has 168 valence electrons. The smallest absolute Gasteiger partial charge is 0.246 e. The summed E-state index contributed by atoms with van der Waals surface area (Å²) in [5, 5.41) is 2.96. The molecular weight excluding hydrogens is 410 g/mol. The van der Waals surface area contributed by atoms with E-state index in [1.807, 2.05) is 0 Å². The molecule has 2 aliphatic rings. The first-order valence-electron chi connectivity index (χ1n) is 10.3. The average molecular weight is 442 g/mol. The van der Waals surface area contributed by atoms with E-state index < -0.39 is 10.0 Å². The first-order valence-corrected chi connectivity index (χ1v) is 11.7. The molecule has 3 rings (SSSR count). The molecule has 2 aliphatic heterocycles. The van der Waals surface area contributed by atoms with Crippen LogP contribution in [0.1, 0.15) is 12.8 Å². The van der Waals surface area contributed by atoms with Gasteiger partial charge in [0.2, 0.25) is 15.9 Å². The van der Waals surface area contributed by atoms with Crippen LogP contribution in [0.5, 0.6) is 11.5 Å². The molecule has 30 heavy (non-hydrogen) atoms. The van der Waals surface area contributed by atoms with Gasteiger partial charge in [-0.1, -0.05) is 0 Å². The summed E-state index contributed by atoms with van der Waals surface area (Å²) in [5.41, 5.74) is 0. The van der Waals surface area contributed by atoms with Gasteiger partial charge < -0.3 is 19.5 Å². The van der Waals surface area contributed by atoms with Crippen LogP contribution in [0.4, 0.5) is 0 Å². The molecule has 0 bridgehead atoms. The monoisotopic (exact) mass is 441 g/mol. The third kappa shape index (κ3) is 5.42. The van der Waals surface area contributed by atoms with Gasteiger partial charge >= 0.3 is 0 Å². The van der Waals surface area contributed by atoms with Gasteiger partial charge in [-0.3, -0.25) is 9.69 Å². The minimum atomic E-state index is -3.82. The number of nitrogens with one attached hydrogen (secondary N) is 1. The fourth-order valence-electron chi connectivity index (χ4n) is 3.81. The van der Waals surface area contributed by atoms with Crippen molar-refractivity contribution in [2.45, 2.75) is 17.7 Å². The molecule has 1 atom stereocenters. The number of piperidine rings is 1. The van der Waals surface area contributed by atoms with E-state index in [-0.39, 0.29) is 29.0 Å². The lowest BCUT2D eigenvalue weighted by molar-refractivity contribution is -0.126. The maximum absolute atomic E-state index is 13.3. The number of carbonyl (C=O) groups excluding carboxylic acids is 1. The molecule has 1 amide bonds. The summed E-state index contributed by atoms with van der Waals surface area (Å²) < 4.78 is 43.7. The van der Waals surface area contributed by atoms with Crippen molar-refractivity contribution >= 4 is 15.9 Å². The number of rotatable bonds is 8. The second-order valence-electron chi connectivity index (χ2n) is 7.46. The second-order valence-corrected chi connectivity index (χ2v) is 9.37. The number of ether oxygens (including phenoxy) is 3. The molecule has 0 unspecified atom stereocenters. The minimum Gasteiger partial charge on any atom is -0.497 e. The molecule has 2 saturated heterocycles. The Bertz CT molecular complexity index is 826. The zero-order valence-electron chi connectivity index (χ0n) is 17.6. The van der Waals surface area contributed by atoms with Crippen molar-refractivity contribution in [3.05, 3.63) is 18.2 Å². The van der Waals surface area contributed by atoms with Gasteiger partial charge in [0.1, 0.15) is 16.4 Å². The van der Waals surface area contributed by atoms with E-state index in [9.17, 15) is 13.2 Å². The van der Waals surface area contributed by atoms with E-state index in [0.717, 1.165) is 32.8 Å². The lowest BCUT2D eigenvalue weighted by Crippen LogP contribution is -2.47. The summed E-state index contributed by atoms with van der Waals surface area (Å²) in [7, 11) is -0.900. The van der Waals surface area contributed by atoms with E-state index >= 15 is 0 Å². The molecule has 0 radical (unpaired) electrons. The van der Waals surface area contributed by atoms with Crippen molar-refractivity contribution < 1.29 is 27.4 Å². The Labute approximate surface area is 178 Å². The topological polar surface area (TPSA) is 97.4 Å². The van der Waals surface area contributed by atoms with Crippen molar-refractivity contribution in [1.29, 1.82) is 0 Å². The molecular formula is C20H31N3O6S. The minimum absolute atomic E-state index is 0.0534. The molecule has 10 heteroatoms. The van der Waals surface area contributed by atoms with Crippen molar-refractivity contribution in [2.75, 3.05) is 66.7 Å². The van der Waals surface area contributed by atoms with Gasteiger partial charge in [-0.2, -0.15) is 4.31 Å². The Morgan fingerprint density at radius 1 is 1.20 bits per heavy atom. The number of hydrogen-bond acceptors (Lipinski definition) is 7. The zero-order chi connectivity index (χ0) is 21.6. The van der Waals surface area contributed by atoms with Crippen molar-refractivity contribution in [3.8, 4) is 11.5 Å². The van der Waals surface area contributed by atoms with Crippen LogP contribution in [0, 0.1) is 5.92 Å². The van der Waals surface area contributed by atoms with Gasteiger partial charge in [0.05, 0.1) is 33.4 Å². The van der Waals surface area contributed by atoms with Crippen molar-refractivity contribution in [1.82, 2.24) is 14.5 Å². The molecule has 1 N–H and O–H groups in total. The largest absolute Gasteiger partial charge is 0.497 e. The normalized spacial score (nSPS) is 21.2.